The van der Waals surface area contributed by atoms with E-state index in [1.807, 2.05) is 13.8 Å². The van der Waals surface area contributed by atoms with Crippen LogP contribution in [0.1, 0.15) is 36.6 Å². The second-order valence-corrected chi connectivity index (χ2v) is 8.38. The molecule has 1 N–H and O–H groups in total. The molecule has 0 radical (unpaired) electrons. The molecular formula is C13H21NO3S2. The van der Waals surface area contributed by atoms with Gasteiger partial charge < -0.3 is 5.11 Å². The summed E-state index contributed by atoms with van der Waals surface area (Å²) in [7, 11) is -3.39. The van der Waals surface area contributed by atoms with E-state index in [2.05, 4.69) is 0 Å². The summed E-state index contributed by atoms with van der Waals surface area (Å²) in [6.45, 7) is 4.75. The molecule has 108 valence electrons. The van der Waals surface area contributed by atoms with Crippen LogP contribution in [-0.4, -0.2) is 30.9 Å². The highest BCUT2D eigenvalue weighted by Crippen LogP contribution is 2.32. The van der Waals surface area contributed by atoms with Crippen molar-refractivity contribution in [3.05, 3.63) is 16.5 Å². The molecule has 0 bridgehead atoms. The molecule has 1 aliphatic carbocycles. The topological polar surface area (TPSA) is 57.6 Å². The van der Waals surface area contributed by atoms with Gasteiger partial charge in [-0.25, -0.2) is 8.42 Å². The highest BCUT2D eigenvalue weighted by atomic mass is 32.2. The molecule has 0 spiro atoms. The Morgan fingerprint density at radius 2 is 2.16 bits per heavy atom. The van der Waals surface area contributed by atoms with Gasteiger partial charge >= 0.3 is 0 Å². The summed E-state index contributed by atoms with van der Waals surface area (Å²) in [6.07, 6.45) is 3.49. The van der Waals surface area contributed by atoms with Crippen molar-refractivity contribution in [3.8, 4) is 0 Å². The molecular weight excluding hydrogens is 282 g/mol. The first kappa shape index (κ1) is 15.0. The van der Waals surface area contributed by atoms with Gasteiger partial charge in [0.25, 0.3) is 10.0 Å². The van der Waals surface area contributed by atoms with Crippen molar-refractivity contribution in [2.24, 2.45) is 5.92 Å². The van der Waals surface area contributed by atoms with E-state index < -0.39 is 10.0 Å². The van der Waals surface area contributed by atoms with Crippen molar-refractivity contribution < 1.29 is 13.5 Å². The number of hydrogen-bond acceptors (Lipinski definition) is 4. The molecule has 1 aliphatic rings. The highest BCUT2D eigenvalue weighted by molar-refractivity contribution is 7.91. The number of aryl methyl sites for hydroxylation is 1. The van der Waals surface area contributed by atoms with E-state index in [4.69, 9.17) is 0 Å². The molecule has 1 saturated carbocycles. The maximum atomic E-state index is 12.6. The number of thiophene rings is 1. The zero-order valence-electron chi connectivity index (χ0n) is 11.4. The number of aliphatic hydroxyl groups excluding tert-OH is 1. The van der Waals surface area contributed by atoms with Crippen molar-refractivity contribution in [1.82, 2.24) is 4.31 Å². The lowest BCUT2D eigenvalue weighted by atomic mass is 9.85. The van der Waals surface area contributed by atoms with Gasteiger partial charge in [0.15, 0.2) is 0 Å². The van der Waals surface area contributed by atoms with Crippen LogP contribution in [-0.2, 0) is 16.6 Å². The number of hydrogen-bond donors (Lipinski definition) is 1. The summed E-state index contributed by atoms with van der Waals surface area (Å²) in [5, 5.41) is 9.19. The predicted octanol–water partition coefficient (Wildman–Crippen LogP) is 2.36. The molecule has 19 heavy (non-hydrogen) atoms. The molecule has 1 aromatic rings. The first-order valence-corrected chi connectivity index (χ1v) is 8.95. The summed E-state index contributed by atoms with van der Waals surface area (Å²) in [5.41, 5.74) is 0.853. The van der Waals surface area contributed by atoms with Gasteiger partial charge in [-0.2, -0.15) is 4.31 Å². The smallest absolute Gasteiger partial charge is 0.252 e. The van der Waals surface area contributed by atoms with Crippen LogP contribution in [0.5, 0.6) is 0 Å². The SMILES string of the molecule is CCN(CC1CCC1)S(=O)(=O)c1cc(C)c(CO)s1. The van der Waals surface area contributed by atoms with Gasteiger partial charge in [0.1, 0.15) is 4.21 Å². The van der Waals surface area contributed by atoms with Crippen molar-refractivity contribution in [2.75, 3.05) is 13.1 Å². The number of sulfonamides is 1. The van der Waals surface area contributed by atoms with Gasteiger partial charge in [-0.3, -0.25) is 0 Å². The monoisotopic (exact) mass is 303 g/mol. The van der Waals surface area contributed by atoms with E-state index >= 15 is 0 Å². The van der Waals surface area contributed by atoms with Crippen LogP contribution in [0.15, 0.2) is 10.3 Å². The lowest BCUT2D eigenvalue weighted by Gasteiger charge is -2.30. The molecule has 0 amide bonds. The van der Waals surface area contributed by atoms with Crippen molar-refractivity contribution in [1.29, 1.82) is 0 Å². The lowest BCUT2D eigenvalue weighted by Crippen LogP contribution is -2.36. The standard InChI is InChI=1S/C13H21NO3S2/c1-3-14(8-11-5-4-6-11)19(16,17)13-7-10(2)12(9-15)18-13/h7,11,15H,3-6,8-9H2,1-2H3. The quantitative estimate of drug-likeness (QED) is 0.877. The van der Waals surface area contributed by atoms with Gasteiger partial charge in [0.05, 0.1) is 6.61 Å². The van der Waals surface area contributed by atoms with Gasteiger partial charge in [0.2, 0.25) is 0 Å². The first-order chi connectivity index (χ1) is 8.98. The molecule has 0 unspecified atom stereocenters. The largest absolute Gasteiger partial charge is 0.391 e. The zero-order chi connectivity index (χ0) is 14.0. The number of rotatable bonds is 6. The Hall–Kier alpha value is -0.430. The van der Waals surface area contributed by atoms with Crippen LogP contribution in [0.4, 0.5) is 0 Å². The Bertz CT molecular complexity index is 532. The Morgan fingerprint density at radius 3 is 2.58 bits per heavy atom. The summed E-state index contributed by atoms with van der Waals surface area (Å²) in [5.74, 6) is 0.521. The third-order valence-corrected chi connectivity index (χ3v) is 7.39. The highest BCUT2D eigenvalue weighted by Gasteiger charge is 2.29. The van der Waals surface area contributed by atoms with E-state index in [1.165, 1.54) is 17.8 Å². The van der Waals surface area contributed by atoms with E-state index in [9.17, 15) is 13.5 Å². The third-order valence-electron chi connectivity index (χ3n) is 3.78. The molecule has 2 rings (SSSR count). The molecule has 1 aromatic heterocycles. The van der Waals surface area contributed by atoms with E-state index in [-0.39, 0.29) is 6.61 Å². The summed E-state index contributed by atoms with van der Waals surface area (Å²) < 4.78 is 27.1. The maximum Gasteiger partial charge on any atom is 0.252 e. The van der Waals surface area contributed by atoms with Gasteiger partial charge in [-0.1, -0.05) is 13.3 Å². The molecule has 0 atom stereocenters. The van der Waals surface area contributed by atoms with Crippen molar-refractivity contribution in [2.45, 2.75) is 43.9 Å². The van der Waals surface area contributed by atoms with Crippen LogP contribution < -0.4 is 0 Å². The van der Waals surface area contributed by atoms with E-state index in [0.29, 0.717) is 23.2 Å². The minimum atomic E-state index is -3.39. The van der Waals surface area contributed by atoms with Crippen molar-refractivity contribution >= 4 is 21.4 Å². The third kappa shape index (κ3) is 3.02. The normalized spacial score (nSPS) is 16.8. The Kier molecular flexibility index (Phi) is 4.66. The molecule has 0 saturated heterocycles. The Labute approximate surface area is 119 Å². The molecule has 4 nitrogen and oxygen atoms in total. The van der Waals surface area contributed by atoms with Crippen LogP contribution in [0, 0.1) is 12.8 Å². The minimum Gasteiger partial charge on any atom is -0.391 e. The van der Waals surface area contributed by atoms with Gasteiger partial charge in [-0.05, 0) is 37.3 Å². The van der Waals surface area contributed by atoms with Crippen LogP contribution in [0.2, 0.25) is 0 Å². The Morgan fingerprint density at radius 1 is 1.47 bits per heavy atom. The van der Waals surface area contributed by atoms with Crippen LogP contribution in [0.3, 0.4) is 0 Å². The fourth-order valence-electron chi connectivity index (χ4n) is 2.26. The average molecular weight is 303 g/mol. The van der Waals surface area contributed by atoms with Crippen molar-refractivity contribution in [3.63, 3.8) is 0 Å². The first-order valence-electron chi connectivity index (χ1n) is 6.69. The summed E-state index contributed by atoms with van der Waals surface area (Å²) in [4.78, 5) is 0.735. The molecule has 1 fully saturated rings. The van der Waals surface area contributed by atoms with E-state index in [0.717, 1.165) is 23.3 Å². The molecule has 1 heterocycles. The molecule has 6 heteroatoms. The van der Waals surface area contributed by atoms with Crippen LogP contribution in [0.25, 0.3) is 0 Å². The fraction of sp³-hybridized carbons (Fsp3) is 0.692. The predicted molar refractivity (Wildman–Crippen MR) is 76.8 cm³/mol. The van der Waals surface area contributed by atoms with E-state index in [1.54, 1.807) is 10.4 Å². The molecule has 0 aliphatic heterocycles. The maximum absolute atomic E-state index is 12.6. The van der Waals surface area contributed by atoms with Crippen LogP contribution >= 0.6 is 11.3 Å². The summed E-state index contributed by atoms with van der Waals surface area (Å²) in [6, 6.07) is 1.68. The Balaban J connectivity index is 2.22. The van der Waals surface area contributed by atoms with Gasteiger partial charge in [-0.15, -0.1) is 11.3 Å². The number of nitrogens with zero attached hydrogens (tertiary/aromatic N) is 1. The fourth-order valence-corrected chi connectivity index (χ4v) is 5.39. The average Bonchev–Trinajstić information content (AvgIpc) is 2.69. The lowest BCUT2D eigenvalue weighted by molar-refractivity contribution is 0.250. The second kappa shape index (κ2) is 5.91. The summed E-state index contributed by atoms with van der Waals surface area (Å²) >= 11 is 1.18. The minimum absolute atomic E-state index is 0.0965. The second-order valence-electron chi connectivity index (χ2n) is 5.08. The number of aliphatic hydroxyl groups is 1. The zero-order valence-corrected chi connectivity index (χ0v) is 13.1. The van der Waals surface area contributed by atoms with Gasteiger partial charge in [0, 0.05) is 18.0 Å². The molecule has 0 aromatic carbocycles.